The lowest BCUT2D eigenvalue weighted by Crippen LogP contribution is -2.36. The minimum Gasteiger partial charge on any atom is -0.342 e. The standard InChI is InChI=1S/C18H23N3O4/c1-12(14-4-3-5-16(8-14)21(24)25)19(2)18(23)15-9-17(22)20(11-15)10-13-6-7-13/h3-5,8,12-13,15H,6-7,9-11H2,1-2H3/t12-,15+/m1/s1. The van der Waals surface area contributed by atoms with Crippen molar-refractivity contribution < 1.29 is 14.5 Å². The Morgan fingerprint density at radius 2 is 2.16 bits per heavy atom. The number of carbonyl (C=O) groups is 2. The summed E-state index contributed by atoms with van der Waals surface area (Å²) in [6.07, 6.45) is 2.61. The summed E-state index contributed by atoms with van der Waals surface area (Å²) in [5.74, 6) is 0.268. The highest BCUT2D eigenvalue weighted by Gasteiger charge is 2.38. The molecule has 1 aliphatic carbocycles. The molecule has 0 aromatic heterocycles. The van der Waals surface area contributed by atoms with Gasteiger partial charge in [-0.25, -0.2) is 0 Å². The molecule has 0 unspecified atom stereocenters. The molecule has 134 valence electrons. The monoisotopic (exact) mass is 345 g/mol. The molecule has 1 saturated carbocycles. The minimum atomic E-state index is -0.441. The molecule has 0 N–H and O–H groups in total. The van der Waals surface area contributed by atoms with Crippen molar-refractivity contribution in [2.75, 3.05) is 20.1 Å². The van der Waals surface area contributed by atoms with Crippen molar-refractivity contribution in [1.29, 1.82) is 0 Å². The van der Waals surface area contributed by atoms with Gasteiger partial charge >= 0.3 is 0 Å². The molecule has 1 aromatic carbocycles. The molecule has 0 radical (unpaired) electrons. The Kier molecular flexibility index (Phi) is 4.74. The van der Waals surface area contributed by atoms with Crippen molar-refractivity contribution in [3.63, 3.8) is 0 Å². The summed E-state index contributed by atoms with van der Waals surface area (Å²) >= 11 is 0. The number of non-ortho nitro benzene ring substituents is 1. The molecule has 1 aromatic rings. The van der Waals surface area contributed by atoms with Gasteiger partial charge in [0.1, 0.15) is 0 Å². The van der Waals surface area contributed by atoms with Crippen molar-refractivity contribution in [3.05, 3.63) is 39.9 Å². The smallest absolute Gasteiger partial charge is 0.269 e. The second-order valence-corrected chi connectivity index (χ2v) is 7.12. The maximum Gasteiger partial charge on any atom is 0.269 e. The molecule has 0 spiro atoms. The summed E-state index contributed by atoms with van der Waals surface area (Å²) in [6, 6.07) is 6.04. The molecule has 2 fully saturated rings. The quantitative estimate of drug-likeness (QED) is 0.585. The van der Waals surface area contributed by atoms with E-state index in [-0.39, 0.29) is 35.9 Å². The Balaban J connectivity index is 1.66. The van der Waals surface area contributed by atoms with Crippen LogP contribution in [0.4, 0.5) is 5.69 Å². The zero-order valence-corrected chi connectivity index (χ0v) is 14.6. The SMILES string of the molecule is C[C@H](c1cccc([N+](=O)[O-])c1)N(C)C(=O)[C@H]1CC(=O)N(CC2CC2)C1. The number of nitro benzene ring substituents is 1. The maximum atomic E-state index is 12.8. The first-order chi connectivity index (χ1) is 11.9. The van der Waals surface area contributed by atoms with E-state index in [0.717, 1.165) is 6.54 Å². The number of hydrogen-bond acceptors (Lipinski definition) is 4. The predicted molar refractivity (Wildman–Crippen MR) is 91.7 cm³/mol. The first-order valence-corrected chi connectivity index (χ1v) is 8.65. The van der Waals surface area contributed by atoms with Crippen molar-refractivity contribution in [2.24, 2.45) is 11.8 Å². The fourth-order valence-corrected chi connectivity index (χ4v) is 3.33. The maximum absolute atomic E-state index is 12.8. The van der Waals surface area contributed by atoms with Crippen LogP contribution in [0.1, 0.15) is 37.8 Å². The lowest BCUT2D eigenvalue weighted by Gasteiger charge is -2.27. The summed E-state index contributed by atoms with van der Waals surface area (Å²) in [5, 5.41) is 10.9. The molecule has 7 heteroatoms. The summed E-state index contributed by atoms with van der Waals surface area (Å²) in [7, 11) is 1.69. The second kappa shape index (κ2) is 6.82. The molecule has 2 amide bonds. The van der Waals surface area contributed by atoms with Gasteiger partial charge in [-0.2, -0.15) is 0 Å². The molecule has 1 aliphatic heterocycles. The summed E-state index contributed by atoms with van der Waals surface area (Å²) in [5.41, 5.74) is 0.723. The van der Waals surface area contributed by atoms with E-state index in [1.165, 1.54) is 25.0 Å². The van der Waals surface area contributed by atoms with E-state index < -0.39 is 4.92 Å². The van der Waals surface area contributed by atoms with E-state index in [2.05, 4.69) is 0 Å². The normalized spacial score (nSPS) is 21.3. The van der Waals surface area contributed by atoms with E-state index in [1.54, 1.807) is 24.1 Å². The number of amides is 2. The third kappa shape index (κ3) is 3.81. The zero-order valence-electron chi connectivity index (χ0n) is 14.6. The fraction of sp³-hybridized carbons (Fsp3) is 0.556. The van der Waals surface area contributed by atoms with Gasteiger partial charge in [-0.3, -0.25) is 19.7 Å². The summed E-state index contributed by atoms with van der Waals surface area (Å²) in [4.78, 5) is 38.8. The highest BCUT2D eigenvalue weighted by atomic mass is 16.6. The Hall–Kier alpha value is -2.44. The zero-order chi connectivity index (χ0) is 18.1. The highest BCUT2D eigenvalue weighted by molar-refractivity contribution is 5.89. The minimum absolute atomic E-state index is 0.0110. The topological polar surface area (TPSA) is 83.8 Å². The van der Waals surface area contributed by atoms with Gasteiger partial charge in [-0.05, 0) is 31.2 Å². The van der Waals surface area contributed by atoms with E-state index >= 15 is 0 Å². The van der Waals surface area contributed by atoms with Crippen LogP contribution in [-0.4, -0.2) is 46.7 Å². The average molecular weight is 345 g/mol. The molecule has 2 aliphatic rings. The van der Waals surface area contributed by atoms with Crippen molar-refractivity contribution in [3.8, 4) is 0 Å². The van der Waals surface area contributed by atoms with Gasteiger partial charge in [0.05, 0.1) is 16.9 Å². The number of benzene rings is 1. The number of carbonyl (C=O) groups excluding carboxylic acids is 2. The van der Waals surface area contributed by atoms with Crippen molar-refractivity contribution >= 4 is 17.5 Å². The number of rotatable bonds is 6. The molecule has 25 heavy (non-hydrogen) atoms. The molecular weight excluding hydrogens is 322 g/mol. The Bertz CT molecular complexity index is 701. The van der Waals surface area contributed by atoms with Gasteiger partial charge in [0.25, 0.3) is 5.69 Å². The van der Waals surface area contributed by atoms with Crippen LogP contribution in [0.2, 0.25) is 0 Å². The summed E-state index contributed by atoms with van der Waals surface area (Å²) in [6.45, 7) is 3.10. The first kappa shape index (κ1) is 17.4. The Morgan fingerprint density at radius 1 is 1.44 bits per heavy atom. The summed E-state index contributed by atoms with van der Waals surface area (Å²) < 4.78 is 0. The Morgan fingerprint density at radius 3 is 2.80 bits per heavy atom. The van der Waals surface area contributed by atoms with Crippen LogP contribution >= 0.6 is 0 Å². The first-order valence-electron chi connectivity index (χ1n) is 8.65. The third-order valence-electron chi connectivity index (χ3n) is 5.23. The average Bonchev–Trinajstić information content (AvgIpc) is 3.35. The number of nitrogens with zero attached hydrogens (tertiary/aromatic N) is 3. The predicted octanol–water partition coefficient (Wildman–Crippen LogP) is 2.37. The van der Waals surface area contributed by atoms with E-state index in [9.17, 15) is 19.7 Å². The number of likely N-dealkylation sites (tertiary alicyclic amines) is 1. The molecule has 2 atom stereocenters. The number of hydrogen-bond donors (Lipinski definition) is 0. The van der Waals surface area contributed by atoms with Gasteiger partial charge in [0.15, 0.2) is 0 Å². The number of nitro groups is 1. The third-order valence-corrected chi connectivity index (χ3v) is 5.23. The molecule has 1 heterocycles. The van der Waals surface area contributed by atoms with Crippen LogP contribution in [0, 0.1) is 22.0 Å². The van der Waals surface area contributed by atoms with E-state index in [4.69, 9.17) is 0 Å². The Labute approximate surface area is 146 Å². The van der Waals surface area contributed by atoms with Crippen molar-refractivity contribution in [1.82, 2.24) is 9.80 Å². The molecule has 7 nitrogen and oxygen atoms in total. The molecule has 1 saturated heterocycles. The van der Waals surface area contributed by atoms with Gasteiger partial charge in [-0.1, -0.05) is 12.1 Å². The van der Waals surface area contributed by atoms with Crippen LogP contribution in [0.3, 0.4) is 0 Å². The highest BCUT2D eigenvalue weighted by Crippen LogP contribution is 2.33. The van der Waals surface area contributed by atoms with Crippen LogP contribution < -0.4 is 0 Å². The van der Waals surface area contributed by atoms with Crippen molar-refractivity contribution in [2.45, 2.75) is 32.2 Å². The fourth-order valence-electron chi connectivity index (χ4n) is 3.33. The van der Waals surface area contributed by atoms with Crippen LogP contribution in [0.15, 0.2) is 24.3 Å². The molecule has 3 rings (SSSR count). The van der Waals surface area contributed by atoms with E-state index in [1.807, 2.05) is 11.8 Å². The van der Waals surface area contributed by atoms with Crippen LogP contribution in [0.5, 0.6) is 0 Å². The van der Waals surface area contributed by atoms with Gasteiger partial charge in [-0.15, -0.1) is 0 Å². The van der Waals surface area contributed by atoms with Gasteiger partial charge in [0, 0.05) is 38.7 Å². The van der Waals surface area contributed by atoms with Crippen LogP contribution in [0.25, 0.3) is 0 Å². The largest absolute Gasteiger partial charge is 0.342 e. The second-order valence-electron chi connectivity index (χ2n) is 7.12. The lowest BCUT2D eigenvalue weighted by molar-refractivity contribution is -0.384. The lowest BCUT2D eigenvalue weighted by atomic mass is 10.0. The van der Waals surface area contributed by atoms with Gasteiger partial charge in [0.2, 0.25) is 11.8 Å². The molecular formula is C18H23N3O4. The van der Waals surface area contributed by atoms with Crippen LogP contribution in [-0.2, 0) is 9.59 Å². The van der Waals surface area contributed by atoms with Gasteiger partial charge < -0.3 is 9.80 Å². The van der Waals surface area contributed by atoms with E-state index in [0.29, 0.717) is 18.0 Å². The molecule has 0 bridgehead atoms.